The van der Waals surface area contributed by atoms with E-state index in [0.29, 0.717) is 12.1 Å². The lowest BCUT2D eigenvalue weighted by atomic mass is 9.99. The lowest BCUT2D eigenvalue weighted by Gasteiger charge is -2.07. The Morgan fingerprint density at radius 3 is 2.31 bits per heavy atom. The summed E-state index contributed by atoms with van der Waals surface area (Å²) in [5.74, 6) is 0. The van der Waals surface area contributed by atoms with Crippen LogP contribution in [0.1, 0.15) is 15.9 Å². The molecular formula is C14H13NO. The predicted octanol–water partition coefficient (Wildman–Crippen LogP) is 2.62. The van der Waals surface area contributed by atoms with Crippen molar-refractivity contribution >= 4 is 6.29 Å². The summed E-state index contributed by atoms with van der Waals surface area (Å²) in [4.78, 5) is 10.6. The van der Waals surface area contributed by atoms with Gasteiger partial charge in [0.15, 0.2) is 0 Å². The summed E-state index contributed by atoms with van der Waals surface area (Å²) >= 11 is 0. The van der Waals surface area contributed by atoms with Gasteiger partial charge >= 0.3 is 0 Å². The van der Waals surface area contributed by atoms with Crippen LogP contribution in [0.15, 0.2) is 48.5 Å². The Kier molecular flexibility index (Phi) is 3.13. The maximum atomic E-state index is 10.6. The fraction of sp³-hybridized carbons (Fsp3) is 0.0714. The Bertz CT molecular complexity index is 488. The smallest absolute Gasteiger partial charge is 0.150 e. The molecule has 0 fully saturated rings. The third-order valence-corrected chi connectivity index (χ3v) is 2.60. The Labute approximate surface area is 94.7 Å². The average molecular weight is 211 g/mol. The number of rotatable bonds is 3. The Balaban J connectivity index is 2.45. The molecule has 0 spiro atoms. The summed E-state index contributed by atoms with van der Waals surface area (Å²) in [6.07, 6.45) is 0.846. The van der Waals surface area contributed by atoms with Gasteiger partial charge in [0.25, 0.3) is 0 Å². The van der Waals surface area contributed by atoms with E-state index >= 15 is 0 Å². The molecule has 0 saturated carbocycles. The number of aldehydes is 1. The molecule has 0 bridgehead atoms. The Morgan fingerprint density at radius 1 is 1.00 bits per heavy atom. The van der Waals surface area contributed by atoms with Gasteiger partial charge < -0.3 is 5.73 Å². The molecule has 0 aliphatic carbocycles. The van der Waals surface area contributed by atoms with Gasteiger partial charge in [-0.05, 0) is 16.7 Å². The molecule has 0 atom stereocenters. The molecule has 0 amide bonds. The van der Waals surface area contributed by atoms with E-state index in [1.807, 2.05) is 48.5 Å². The summed E-state index contributed by atoms with van der Waals surface area (Å²) in [7, 11) is 0. The first-order valence-electron chi connectivity index (χ1n) is 5.18. The topological polar surface area (TPSA) is 43.1 Å². The molecule has 0 saturated heterocycles. The van der Waals surface area contributed by atoms with E-state index in [2.05, 4.69) is 0 Å². The molecule has 80 valence electrons. The molecule has 2 rings (SSSR count). The molecule has 2 heteroatoms. The van der Waals surface area contributed by atoms with Gasteiger partial charge in [-0.1, -0.05) is 48.5 Å². The molecular weight excluding hydrogens is 198 g/mol. The van der Waals surface area contributed by atoms with Crippen LogP contribution in [-0.2, 0) is 6.54 Å². The maximum absolute atomic E-state index is 10.6. The molecule has 0 aromatic heterocycles. The third-order valence-electron chi connectivity index (χ3n) is 2.60. The van der Waals surface area contributed by atoms with Gasteiger partial charge in [-0.25, -0.2) is 0 Å². The van der Waals surface area contributed by atoms with Crippen molar-refractivity contribution < 1.29 is 4.79 Å². The molecule has 0 aliphatic rings. The fourth-order valence-electron chi connectivity index (χ4n) is 1.72. The second-order valence-corrected chi connectivity index (χ2v) is 3.60. The summed E-state index contributed by atoms with van der Waals surface area (Å²) in [5, 5.41) is 0. The normalized spacial score (nSPS) is 10.1. The highest BCUT2D eigenvalue weighted by Crippen LogP contribution is 2.23. The lowest BCUT2D eigenvalue weighted by Crippen LogP contribution is -1.98. The van der Waals surface area contributed by atoms with Crippen LogP contribution in [0.5, 0.6) is 0 Å². The minimum Gasteiger partial charge on any atom is -0.326 e. The Morgan fingerprint density at radius 2 is 1.69 bits per heavy atom. The number of benzene rings is 2. The number of carbonyl (C=O) groups excluding carboxylic acids is 1. The minimum atomic E-state index is 0.519. The number of nitrogens with two attached hydrogens (primary N) is 1. The molecule has 2 aromatic rings. The van der Waals surface area contributed by atoms with E-state index in [-0.39, 0.29) is 0 Å². The average Bonchev–Trinajstić information content (AvgIpc) is 2.39. The zero-order valence-corrected chi connectivity index (χ0v) is 8.89. The number of hydrogen-bond acceptors (Lipinski definition) is 2. The summed E-state index contributed by atoms with van der Waals surface area (Å²) < 4.78 is 0. The second kappa shape index (κ2) is 4.73. The van der Waals surface area contributed by atoms with Crippen LogP contribution in [0.25, 0.3) is 11.1 Å². The fourth-order valence-corrected chi connectivity index (χ4v) is 1.72. The lowest BCUT2D eigenvalue weighted by molar-refractivity contribution is 0.112. The van der Waals surface area contributed by atoms with Gasteiger partial charge in [-0.3, -0.25) is 4.79 Å². The van der Waals surface area contributed by atoms with E-state index in [1.54, 1.807) is 0 Å². The number of carbonyl (C=O) groups is 1. The third kappa shape index (κ3) is 2.02. The van der Waals surface area contributed by atoms with Crippen LogP contribution >= 0.6 is 0 Å². The van der Waals surface area contributed by atoms with E-state index in [9.17, 15) is 4.79 Å². The summed E-state index contributed by atoms with van der Waals surface area (Å²) in [6, 6.07) is 15.5. The highest BCUT2D eigenvalue weighted by molar-refractivity contribution is 5.77. The SMILES string of the molecule is NCc1ccccc1-c1ccc(C=O)cc1. The number of hydrogen-bond donors (Lipinski definition) is 1. The van der Waals surface area contributed by atoms with Gasteiger partial charge in [0.05, 0.1) is 0 Å². The first kappa shape index (κ1) is 10.6. The van der Waals surface area contributed by atoms with Crippen LogP contribution in [-0.4, -0.2) is 6.29 Å². The summed E-state index contributed by atoms with van der Waals surface area (Å²) in [5.41, 5.74) is 9.71. The maximum Gasteiger partial charge on any atom is 0.150 e. The zero-order valence-electron chi connectivity index (χ0n) is 8.89. The van der Waals surface area contributed by atoms with Crippen LogP contribution < -0.4 is 5.73 Å². The van der Waals surface area contributed by atoms with Crippen molar-refractivity contribution in [1.29, 1.82) is 0 Å². The van der Waals surface area contributed by atoms with Gasteiger partial charge in [0.1, 0.15) is 6.29 Å². The summed E-state index contributed by atoms with van der Waals surface area (Å²) in [6.45, 7) is 0.519. The molecule has 0 heterocycles. The van der Waals surface area contributed by atoms with E-state index in [1.165, 1.54) is 0 Å². The standard InChI is InChI=1S/C14H13NO/c15-9-13-3-1-2-4-14(13)12-7-5-11(10-16)6-8-12/h1-8,10H,9,15H2. The molecule has 2 aromatic carbocycles. The largest absolute Gasteiger partial charge is 0.326 e. The van der Waals surface area contributed by atoms with Crippen LogP contribution in [0.2, 0.25) is 0 Å². The first-order valence-corrected chi connectivity index (χ1v) is 5.18. The molecule has 16 heavy (non-hydrogen) atoms. The molecule has 0 radical (unpaired) electrons. The van der Waals surface area contributed by atoms with Gasteiger partial charge in [-0.2, -0.15) is 0 Å². The van der Waals surface area contributed by atoms with Crippen molar-refractivity contribution in [1.82, 2.24) is 0 Å². The Hall–Kier alpha value is -1.93. The highest BCUT2D eigenvalue weighted by Gasteiger charge is 2.02. The molecule has 2 N–H and O–H groups in total. The van der Waals surface area contributed by atoms with E-state index < -0.39 is 0 Å². The quantitative estimate of drug-likeness (QED) is 0.793. The molecule has 2 nitrogen and oxygen atoms in total. The zero-order chi connectivity index (χ0) is 11.4. The first-order chi connectivity index (χ1) is 7.85. The predicted molar refractivity (Wildman–Crippen MR) is 65.2 cm³/mol. The van der Waals surface area contributed by atoms with Crippen molar-refractivity contribution in [2.45, 2.75) is 6.54 Å². The van der Waals surface area contributed by atoms with Crippen molar-refractivity contribution in [3.05, 3.63) is 59.7 Å². The van der Waals surface area contributed by atoms with Crippen molar-refractivity contribution in [3.63, 3.8) is 0 Å². The second-order valence-electron chi connectivity index (χ2n) is 3.60. The molecule has 0 unspecified atom stereocenters. The van der Waals surface area contributed by atoms with E-state index in [4.69, 9.17) is 5.73 Å². The van der Waals surface area contributed by atoms with E-state index in [0.717, 1.165) is 23.0 Å². The molecule has 0 aliphatic heterocycles. The van der Waals surface area contributed by atoms with Gasteiger partial charge in [0.2, 0.25) is 0 Å². The van der Waals surface area contributed by atoms with Crippen molar-refractivity contribution in [3.8, 4) is 11.1 Å². The van der Waals surface area contributed by atoms with Crippen LogP contribution in [0.3, 0.4) is 0 Å². The van der Waals surface area contributed by atoms with Crippen LogP contribution in [0, 0.1) is 0 Å². The monoisotopic (exact) mass is 211 g/mol. The minimum absolute atomic E-state index is 0.519. The highest BCUT2D eigenvalue weighted by atomic mass is 16.1. The van der Waals surface area contributed by atoms with Gasteiger partial charge in [-0.15, -0.1) is 0 Å². The van der Waals surface area contributed by atoms with Crippen molar-refractivity contribution in [2.24, 2.45) is 5.73 Å². The van der Waals surface area contributed by atoms with Gasteiger partial charge in [0, 0.05) is 12.1 Å². The van der Waals surface area contributed by atoms with Crippen LogP contribution in [0.4, 0.5) is 0 Å². The van der Waals surface area contributed by atoms with Crippen molar-refractivity contribution in [2.75, 3.05) is 0 Å².